The zero-order valence-electron chi connectivity index (χ0n) is 11.6. The van der Waals surface area contributed by atoms with Crippen LogP contribution in [0.2, 0.25) is 0 Å². The summed E-state index contributed by atoms with van der Waals surface area (Å²) in [5, 5.41) is 0. The monoisotopic (exact) mass is 282 g/mol. The Morgan fingerprint density at radius 3 is 2.79 bits per heavy atom. The zero-order chi connectivity index (χ0) is 14.0. The predicted molar refractivity (Wildman–Crippen MR) is 80.5 cm³/mol. The lowest BCUT2D eigenvalue weighted by molar-refractivity contribution is 0.594. The van der Waals surface area contributed by atoms with Crippen LogP contribution in [0.15, 0.2) is 12.1 Å². The number of nitrogens with two attached hydrogens (primary N) is 1. The minimum Gasteiger partial charge on any atom is -0.398 e. The van der Waals surface area contributed by atoms with Crippen LogP contribution in [-0.2, 0) is 16.3 Å². The van der Waals surface area contributed by atoms with Gasteiger partial charge in [-0.05, 0) is 37.0 Å². The Labute approximate surface area is 115 Å². The SMILES string of the molecule is CCS(=O)(=O)CCCN1CCc2cc(C)c(N)cc21. The molecule has 1 aromatic carbocycles. The topological polar surface area (TPSA) is 63.4 Å². The van der Waals surface area contributed by atoms with Gasteiger partial charge in [0.15, 0.2) is 0 Å². The second-order valence-corrected chi connectivity index (χ2v) is 7.64. The van der Waals surface area contributed by atoms with Crippen molar-refractivity contribution < 1.29 is 8.42 Å². The Hall–Kier alpha value is -1.23. The summed E-state index contributed by atoms with van der Waals surface area (Å²) in [5.74, 6) is 0.506. The number of nitrogens with zero attached hydrogens (tertiary/aromatic N) is 1. The first-order chi connectivity index (χ1) is 8.93. The van der Waals surface area contributed by atoms with E-state index in [-0.39, 0.29) is 11.5 Å². The van der Waals surface area contributed by atoms with Crippen molar-refractivity contribution in [1.29, 1.82) is 0 Å². The van der Waals surface area contributed by atoms with Gasteiger partial charge < -0.3 is 10.6 Å². The van der Waals surface area contributed by atoms with Crippen molar-refractivity contribution in [3.63, 3.8) is 0 Å². The molecule has 1 aromatic rings. The van der Waals surface area contributed by atoms with Gasteiger partial charge in [0.2, 0.25) is 0 Å². The predicted octanol–water partition coefficient (Wildman–Crippen LogP) is 1.76. The minimum atomic E-state index is -2.85. The van der Waals surface area contributed by atoms with Crippen LogP contribution in [0.1, 0.15) is 24.5 Å². The summed E-state index contributed by atoms with van der Waals surface area (Å²) in [5.41, 5.74) is 10.4. The highest BCUT2D eigenvalue weighted by atomic mass is 32.2. The lowest BCUT2D eigenvalue weighted by atomic mass is 10.1. The number of sulfone groups is 1. The fraction of sp³-hybridized carbons (Fsp3) is 0.571. The van der Waals surface area contributed by atoms with E-state index in [4.69, 9.17) is 5.73 Å². The molecule has 2 rings (SSSR count). The maximum absolute atomic E-state index is 11.5. The van der Waals surface area contributed by atoms with Crippen LogP contribution in [0.5, 0.6) is 0 Å². The highest BCUT2D eigenvalue weighted by Gasteiger charge is 2.20. The van der Waals surface area contributed by atoms with E-state index < -0.39 is 9.84 Å². The number of fused-ring (bicyclic) bond motifs is 1. The van der Waals surface area contributed by atoms with Gasteiger partial charge in [0.05, 0.1) is 5.75 Å². The van der Waals surface area contributed by atoms with Crippen LogP contribution in [0.25, 0.3) is 0 Å². The van der Waals surface area contributed by atoms with E-state index in [0.29, 0.717) is 6.42 Å². The Morgan fingerprint density at radius 2 is 2.11 bits per heavy atom. The molecule has 1 aliphatic rings. The molecule has 0 unspecified atom stereocenters. The summed E-state index contributed by atoms with van der Waals surface area (Å²) < 4.78 is 23.0. The Morgan fingerprint density at radius 1 is 1.37 bits per heavy atom. The van der Waals surface area contributed by atoms with Crippen LogP contribution >= 0.6 is 0 Å². The number of nitrogen functional groups attached to an aromatic ring is 1. The third-order valence-electron chi connectivity index (χ3n) is 3.78. The third-order valence-corrected chi connectivity index (χ3v) is 5.57. The highest BCUT2D eigenvalue weighted by molar-refractivity contribution is 7.91. The smallest absolute Gasteiger partial charge is 0.150 e. The van der Waals surface area contributed by atoms with Crippen LogP contribution < -0.4 is 10.6 Å². The van der Waals surface area contributed by atoms with Gasteiger partial charge in [-0.3, -0.25) is 0 Å². The van der Waals surface area contributed by atoms with Gasteiger partial charge >= 0.3 is 0 Å². The van der Waals surface area contributed by atoms with E-state index in [1.54, 1.807) is 6.92 Å². The maximum atomic E-state index is 11.5. The minimum absolute atomic E-state index is 0.232. The van der Waals surface area contributed by atoms with Crippen molar-refractivity contribution in [2.24, 2.45) is 0 Å². The first-order valence-electron chi connectivity index (χ1n) is 6.77. The lowest BCUT2D eigenvalue weighted by Gasteiger charge is -2.20. The standard InChI is InChI=1S/C14H22N2O2S/c1-3-19(17,18)8-4-6-16-7-5-12-9-11(2)13(15)10-14(12)16/h9-10H,3-8,15H2,1-2H3. The molecule has 0 fully saturated rings. The van der Waals surface area contributed by atoms with Crippen LogP contribution in [-0.4, -0.2) is 33.0 Å². The molecular formula is C14H22N2O2S. The normalized spacial score (nSPS) is 14.7. The van der Waals surface area contributed by atoms with Gasteiger partial charge in [0, 0.05) is 30.2 Å². The Bertz CT molecular complexity index is 567. The molecular weight excluding hydrogens is 260 g/mol. The summed E-state index contributed by atoms with van der Waals surface area (Å²) >= 11 is 0. The molecule has 2 N–H and O–H groups in total. The van der Waals surface area contributed by atoms with Crippen molar-refractivity contribution in [1.82, 2.24) is 0 Å². The number of aryl methyl sites for hydroxylation is 1. The van der Waals surface area contributed by atoms with Crippen molar-refractivity contribution in [3.8, 4) is 0 Å². The van der Waals surface area contributed by atoms with E-state index in [1.807, 2.05) is 13.0 Å². The van der Waals surface area contributed by atoms with E-state index in [0.717, 1.165) is 30.8 Å². The summed E-state index contributed by atoms with van der Waals surface area (Å²) in [7, 11) is -2.85. The molecule has 106 valence electrons. The van der Waals surface area contributed by atoms with Crippen molar-refractivity contribution in [2.75, 3.05) is 35.2 Å². The van der Waals surface area contributed by atoms with E-state index >= 15 is 0 Å². The molecule has 0 spiro atoms. The molecule has 0 aromatic heterocycles. The quantitative estimate of drug-likeness (QED) is 0.836. The van der Waals surface area contributed by atoms with E-state index in [9.17, 15) is 8.42 Å². The first-order valence-corrected chi connectivity index (χ1v) is 8.59. The van der Waals surface area contributed by atoms with Crippen molar-refractivity contribution in [3.05, 3.63) is 23.3 Å². The molecule has 0 amide bonds. The first kappa shape index (κ1) is 14.2. The van der Waals surface area contributed by atoms with Gasteiger partial charge in [-0.1, -0.05) is 13.0 Å². The lowest BCUT2D eigenvalue weighted by Crippen LogP contribution is -2.24. The van der Waals surface area contributed by atoms with Gasteiger partial charge in [-0.15, -0.1) is 0 Å². The van der Waals surface area contributed by atoms with Crippen molar-refractivity contribution >= 4 is 21.2 Å². The molecule has 1 heterocycles. The van der Waals surface area contributed by atoms with Crippen LogP contribution in [0.4, 0.5) is 11.4 Å². The second-order valence-electron chi connectivity index (χ2n) is 5.16. The highest BCUT2D eigenvalue weighted by Crippen LogP contribution is 2.31. The third kappa shape index (κ3) is 3.21. The molecule has 0 saturated heterocycles. The van der Waals surface area contributed by atoms with Crippen LogP contribution in [0.3, 0.4) is 0 Å². The zero-order valence-corrected chi connectivity index (χ0v) is 12.5. The second kappa shape index (κ2) is 5.41. The van der Waals surface area contributed by atoms with Gasteiger partial charge in [0.25, 0.3) is 0 Å². The number of hydrogen-bond donors (Lipinski definition) is 1. The number of rotatable bonds is 5. The fourth-order valence-corrected chi connectivity index (χ4v) is 3.35. The van der Waals surface area contributed by atoms with Gasteiger partial charge in [0.1, 0.15) is 9.84 Å². The molecule has 0 radical (unpaired) electrons. The van der Waals surface area contributed by atoms with Gasteiger partial charge in [-0.2, -0.15) is 0 Å². The number of benzene rings is 1. The average molecular weight is 282 g/mol. The molecule has 0 atom stereocenters. The number of hydrogen-bond acceptors (Lipinski definition) is 4. The Balaban J connectivity index is 2.01. The number of anilines is 2. The van der Waals surface area contributed by atoms with Crippen molar-refractivity contribution in [2.45, 2.75) is 26.7 Å². The summed E-state index contributed by atoms with van der Waals surface area (Å²) in [4.78, 5) is 2.25. The Kier molecular flexibility index (Phi) is 4.04. The molecule has 0 saturated carbocycles. The largest absolute Gasteiger partial charge is 0.398 e. The molecule has 0 bridgehead atoms. The summed E-state index contributed by atoms with van der Waals surface area (Å²) in [6.45, 7) is 5.47. The molecule has 5 heteroatoms. The van der Waals surface area contributed by atoms with E-state index in [1.165, 1.54) is 11.3 Å². The summed E-state index contributed by atoms with van der Waals surface area (Å²) in [6, 6.07) is 4.17. The molecule has 1 aliphatic heterocycles. The van der Waals surface area contributed by atoms with E-state index in [2.05, 4.69) is 11.0 Å². The maximum Gasteiger partial charge on any atom is 0.150 e. The molecule has 19 heavy (non-hydrogen) atoms. The van der Waals surface area contributed by atoms with Gasteiger partial charge in [-0.25, -0.2) is 8.42 Å². The molecule has 0 aliphatic carbocycles. The fourth-order valence-electron chi connectivity index (χ4n) is 2.49. The average Bonchev–Trinajstić information content (AvgIpc) is 2.73. The molecule has 4 nitrogen and oxygen atoms in total. The summed E-state index contributed by atoms with van der Waals surface area (Å²) in [6.07, 6.45) is 1.71. The van der Waals surface area contributed by atoms with Crippen LogP contribution in [0, 0.1) is 6.92 Å².